The summed E-state index contributed by atoms with van der Waals surface area (Å²) in [5, 5.41) is 0. The molecule has 0 aromatic heterocycles. The molecule has 0 unspecified atom stereocenters. The Morgan fingerprint density at radius 1 is 1.20 bits per heavy atom. The molecule has 7 heteroatoms. The summed E-state index contributed by atoms with van der Waals surface area (Å²) in [7, 11) is -3.44. The second-order valence-electron chi connectivity index (χ2n) is 6.47. The molecule has 1 aliphatic heterocycles. The van der Waals surface area contributed by atoms with Crippen molar-refractivity contribution in [2.45, 2.75) is 39.3 Å². The van der Waals surface area contributed by atoms with Gasteiger partial charge in [0, 0.05) is 39.3 Å². The van der Waals surface area contributed by atoms with Gasteiger partial charge in [-0.3, -0.25) is 4.90 Å². The van der Waals surface area contributed by atoms with Crippen molar-refractivity contribution in [2.24, 2.45) is 0 Å². The van der Waals surface area contributed by atoms with E-state index in [1.54, 1.807) is 0 Å². The van der Waals surface area contributed by atoms with E-state index in [2.05, 4.69) is 21.8 Å². The van der Waals surface area contributed by atoms with Gasteiger partial charge in [0.15, 0.2) is 0 Å². The smallest absolute Gasteiger partial charge is 0.279 e. The summed E-state index contributed by atoms with van der Waals surface area (Å²) < 4.78 is 35.0. The van der Waals surface area contributed by atoms with E-state index < -0.39 is 10.2 Å². The molecule has 1 aromatic rings. The highest BCUT2D eigenvalue weighted by Gasteiger charge is 2.25. The van der Waals surface area contributed by atoms with Crippen molar-refractivity contribution >= 4 is 10.2 Å². The minimum atomic E-state index is -3.44. The second kappa shape index (κ2) is 10.2. The molecule has 1 aliphatic rings. The van der Waals surface area contributed by atoms with Gasteiger partial charge in [-0.15, -0.1) is 0 Å². The molecule has 0 aliphatic carbocycles. The molecule has 1 saturated heterocycles. The topological polar surface area (TPSA) is 61.9 Å². The molecule has 0 radical (unpaired) electrons. The molecule has 0 amide bonds. The minimum absolute atomic E-state index is 0.114. The van der Waals surface area contributed by atoms with Gasteiger partial charge < -0.3 is 4.74 Å². The van der Waals surface area contributed by atoms with Gasteiger partial charge in [-0.25, -0.2) is 0 Å². The number of morpholine rings is 1. The van der Waals surface area contributed by atoms with Crippen LogP contribution in [0.5, 0.6) is 0 Å². The van der Waals surface area contributed by atoms with Crippen LogP contribution in [0.2, 0.25) is 0 Å². The number of rotatable bonds is 10. The Labute approximate surface area is 152 Å². The Morgan fingerprint density at radius 3 is 2.52 bits per heavy atom. The third kappa shape index (κ3) is 6.67. The Morgan fingerprint density at radius 2 is 1.88 bits per heavy atom. The molecular formula is C18H31N3O3S. The van der Waals surface area contributed by atoms with Crippen LogP contribution in [0.15, 0.2) is 30.3 Å². The predicted octanol–water partition coefficient (Wildman–Crippen LogP) is 1.84. The zero-order valence-electron chi connectivity index (χ0n) is 15.4. The van der Waals surface area contributed by atoms with Crippen LogP contribution < -0.4 is 4.72 Å². The molecule has 1 N–H and O–H groups in total. The lowest BCUT2D eigenvalue weighted by molar-refractivity contribution is -0.0278. The normalized spacial score (nSPS) is 19.4. The van der Waals surface area contributed by atoms with E-state index in [1.807, 2.05) is 32.0 Å². The first-order valence-corrected chi connectivity index (χ1v) is 10.6. The van der Waals surface area contributed by atoms with Gasteiger partial charge in [-0.1, -0.05) is 44.2 Å². The lowest BCUT2D eigenvalue weighted by Crippen LogP contribution is -2.49. The Bertz CT molecular complexity index is 589. The summed E-state index contributed by atoms with van der Waals surface area (Å²) >= 11 is 0. The largest absolute Gasteiger partial charge is 0.374 e. The van der Waals surface area contributed by atoms with Crippen molar-refractivity contribution in [3.8, 4) is 0 Å². The average molecular weight is 370 g/mol. The molecule has 1 fully saturated rings. The van der Waals surface area contributed by atoms with Crippen LogP contribution in [0.25, 0.3) is 0 Å². The third-order valence-corrected chi connectivity index (χ3v) is 5.83. The predicted molar refractivity (Wildman–Crippen MR) is 101 cm³/mol. The maximum absolute atomic E-state index is 12.5. The molecule has 0 saturated carbocycles. The molecule has 0 spiro atoms. The van der Waals surface area contributed by atoms with E-state index in [4.69, 9.17) is 4.74 Å². The monoisotopic (exact) mass is 369 g/mol. The second-order valence-corrected chi connectivity index (χ2v) is 8.22. The van der Waals surface area contributed by atoms with E-state index in [9.17, 15) is 8.42 Å². The lowest BCUT2D eigenvalue weighted by Gasteiger charge is -2.33. The fourth-order valence-corrected chi connectivity index (χ4v) is 4.45. The number of benzene rings is 1. The lowest BCUT2D eigenvalue weighted by atomic mass is 10.2. The third-order valence-electron chi connectivity index (χ3n) is 4.25. The highest BCUT2D eigenvalue weighted by molar-refractivity contribution is 7.87. The van der Waals surface area contributed by atoms with Crippen molar-refractivity contribution < 1.29 is 13.2 Å². The standard InChI is InChI=1S/C18H31N3O3S/c1-3-10-21(11-4-2)25(22,23)19-14-18-16-20(12-13-24-18)15-17-8-6-5-7-9-17/h5-9,18-19H,3-4,10-16H2,1-2H3/t18-/m0/s1. The first-order valence-electron chi connectivity index (χ1n) is 9.17. The quantitative estimate of drug-likeness (QED) is 0.684. The highest BCUT2D eigenvalue weighted by Crippen LogP contribution is 2.11. The first kappa shape index (κ1) is 20.3. The summed E-state index contributed by atoms with van der Waals surface area (Å²) in [5.41, 5.74) is 1.26. The Hall–Kier alpha value is -0.990. The van der Waals surface area contributed by atoms with Crippen LogP contribution in [0.1, 0.15) is 32.3 Å². The summed E-state index contributed by atoms with van der Waals surface area (Å²) in [6.07, 6.45) is 1.51. The van der Waals surface area contributed by atoms with Crippen LogP contribution in [0, 0.1) is 0 Å². The summed E-state index contributed by atoms with van der Waals surface area (Å²) in [6, 6.07) is 10.3. The van der Waals surface area contributed by atoms with E-state index in [-0.39, 0.29) is 6.10 Å². The number of ether oxygens (including phenoxy) is 1. The Kier molecular flexibility index (Phi) is 8.32. The molecule has 0 bridgehead atoms. The fourth-order valence-electron chi connectivity index (χ4n) is 3.03. The van der Waals surface area contributed by atoms with Crippen LogP contribution >= 0.6 is 0 Å². The van der Waals surface area contributed by atoms with E-state index in [0.717, 1.165) is 32.5 Å². The number of hydrogen-bond donors (Lipinski definition) is 1. The average Bonchev–Trinajstić information content (AvgIpc) is 2.61. The summed E-state index contributed by atoms with van der Waals surface area (Å²) in [4.78, 5) is 2.31. The van der Waals surface area contributed by atoms with Crippen molar-refractivity contribution in [2.75, 3.05) is 39.3 Å². The van der Waals surface area contributed by atoms with Crippen LogP contribution in [-0.2, 0) is 21.5 Å². The van der Waals surface area contributed by atoms with Gasteiger partial charge in [0.05, 0.1) is 12.7 Å². The van der Waals surface area contributed by atoms with Gasteiger partial charge in [-0.2, -0.15) is 17.4 Å². The van der Waals surface area contributed by atoms with Crippen LogP contribution in [-0.4, -0.2) is 63.1 Å². The van der Waals surface area contributed by atoms with Crippen LogP contribution in [0.3, 0.4) is 0 Å². The van der Waals surface area contributed by atoms with E-state index in [1.165, 1.54) is 9.87 Å². The molecule has 142 valence electrons. The van der Waals surface area contributed by atoms with Gasteiger partial charge in [0.25, 0.3) is 10.2 Å². The van der Waals surface area contributed by atoms with Crippen molar-refractivity contribution in [3.05, 3.63) is 35.9 Å². The van der Waals surface area contributed by atoms with Gasteiger partial charge in [-0.05, 0) is 18.4 Å². The summed E-state index contributed by atoms with van der Waals surface area (Å²) in [6.45, 7) is 8.50. The van der Waals surface area contributed by atoms with Gasteiger partial charge >= 0.3 is 0 Å². The highest BCUT2D eigenvalue weighted by atomic mass is 32.2. The number of hydrogen-bond acceptors (Lipinski definition) is 4. The van der Waals surface area contributed by atoms with E-state index in [0.29, 0.717) is 26.2 Å². The van der Waals surface area contributed by atoms with Crippen molar-refractivity contribution in [3.63, 3.8) is 0 Å². The molecule has 25 heavy (non-hydrogen) atoms. The van der Waals surface area contributed by atoms with Crippen molar-refractivity contribution in [1.29, 1.82) is 0 Å². The maximum atomic E-state index is 12.5. The number of nitrogens with one attached hydrogen (secondary N) is 1. The zero-order chi connectivity index (χ0) is 18.1. The molecule has 2 rings (SSSR count). The van der Waals surface area contributed by atoms with E-state index >= 15 is 0 Å². The van der Waals surface area contributed by atoms with Crippen molar-refractivity contribution in [1.82, 2.24) is 13.9 Å². The summed E-state index contributed by atoms with van der Waals surface area (Å²) in [5.74, 6) is 0. The Balaban J connectivity index is 1.85. The first-order chi connectivity index (χ1) is 12.0. The SMILES string of the molecule is CCCN(CCC)S(=O)(=O)NC[C@H]1CN(Cc2ccccc2)CCO1. The maximum Gasteiger partial charge on any atom is 0.279 e. The fraction of sp³-hybridized carbons (Fsp3) is 0.667. The molecule has 1 heterocycles. The van der Waals surface area contributed by atoms with Gasteiger partial charge in [0.1, 0.15) is 0 Å². The molecular weight excluding hydrogens is 338 g/mol. The zero-order valence-corrected chi connectivity index (χ0v) is 16.2. The molecule has 1 aromatic carbocycles. The minimum Gasteiger partial charge on any atom is -0.374 e. The van der Waals surface area contributed by atoms with Crippen LogP contribution in [0.4, 0.5) is 0 Å². The molecule has 1 atom stereocenters. The van der Waals surface area contributed by atoms with Gasteiger partial charge in [0.2, 0.25) is 0 Å². The number of nitrogens with zero attached hydrogens (tertiary/aromatic N) is 2. The molecule has 6 nitrogen and oxygen atoms in total.